The Kier molecular flexibility index (Phi) is 5.16. The molecule has 3 rings (SSSR count). The van der Waals surface area contributed by atoms with Crippen molar-refractivity contribution in [1.82, 2.24) is 24.6 Å². The number of rotatable bonds is 6. The van der Waals surface area contributed by atoms with E-state index in [0.717, 1.165) is 49.7 Å². The lowest BCUT2D eigenvalue weighted by molar-refractivity contribution is 0.196. The van der Waals surface area contributed by atoms with Gasteiger partial charge in [0.1, 0.15) is 11.9 Å². The molecule has 2 aromatic heterocycles. The van der Waals surface area contributed by atoms with Gasteiger partial charge in [-0.25, -0.2) is 0 Å². The Balaban J connectivity index is 1.55. The molecule has 0 aliphatic carbocycles. The predicted octanol–water partition coefficient (Wildman–Crippen LogP) is 1.84. The molecule has 0 bridgehead atoms. The summed E-state index contributed by atoms with van der Waals surface area (Å²) in [6.45, 7) is 5.81. The molecule has 0 saturated carbocycles. The van der Waals surface area contributed by atoms with Gasteiger partial charge in [0.15, 0.2) is 0 Å². The molecule has 1 saturated heterocycles. The summed E-state index contributed by atoms with van der Waals surface area (Å²) in [6, 6.07) is 6.16. The maximum Gasteiger partial charge on any atom is 0.123 e. The van der Waals surface area contributed by atoms with Crippen molar-refractivity contribution in [2.24, 2.45) is 7.05 Å². The molecule has 2 aromatic rings. The minimum atomic E-state index is 0.244. The first-order chi connectivity index (χ1) is 11.5. The summed E-state index contributed by atoms with van der Waals surface area (Å²) in [5.74, 6) is 0.921. The van der Waals surface area contributed by atoms with Crippen molar-refractivity contribution in [3.05, 3.63) is 41.5 Å². The van der Waals surface area contributed by atoms with Gasteiger partial charge >= 0.3 is 0 Å². The highest BCUT2D eigenvalue weighted by molar-refractivity contribution is 5.23. The fourth-order valence-corrected chi connectivity index (χ4v) is 3.21. The molecular formula is C18H27N5O. The Morgan fingerprint density at radius 1 is 1.33 bits per heavy atom. The zero-order valence-electron chi connectivity index (χ0n) is 15.1. The fourth-order valence-electron chi connectivity index (χ4n) is 3.21. The number of hydrogen-bond acceptors (Lipinski definition) is 5. The van der Waals surface area contributed by atoms with Gasteiger partial charge in [0, 0.05) is 45.5 Å². The van der Waals surface area contributed by atoms with E-state index in [0.29, 0.717) is 0 Å². The van der Waals surface area contributed by atoms with E-state index in [-0.39, 0.29) is 6.10 Å². The van der Waals surface area contributed by atoms with Gasteiger partial charge in [-0.15, -0.1) is 0 Å². The molecule has 6 heteroatoms. The van der Waals surface area contributed by atoms with Gasteiger partial charge in [-0.3, -0.25) is 14.6 Å². The zero-order valence-corrected chi connectivity index (χ0v) is 15.1. The normalized spacial score (nSPS) is 18.5. The van der Waals surface area contributed by atoms with E-state index in [1.165, 1.54) is 5.69 Å². The first kappa shape index (κ1) is 16.9. The summed E-state index contributed by atoms with van der Waals surface area (Å²) < 4.78 is 8.15. The number of pyridine rings is 1. The second kappa shape index (κ2) is 7.32. The molecule has 1 unspecified atom stereocenters. The van der Waals surface area contributed by atoms with Crippen LogP contribution in [0.4, 0.5) is 0 Å². The smallest absolute Gasteiger partial charge is 0.123 e. The minimum Gasteiger partial charge on any atom is -0.489 e. The second-order valence-corrected chi connectivity index (χ2v) is 6.88. The van der Waals surface area contributed by atoms with Crippen molar-refractivity contribution in [2.45, 2.75) is 32.5 Å². The molecule has 0 spiro atoms. The Hall–Kier alpha value is -1.92. The van der Waals surface area contributed by atoms with Crippen molar-refractivity contribution in [1.29, 1.82) is 0 Å². The van der Waals surface area contributed by atoms with Crippen LogP contribution in [0.2, 0.25) is 0 Å². The van der Waals surface area contributed by atoms with Crippen LogP contribution >= 0.6 is 0 Å². The molecule has 0 radical (unpaired) electrons. The standard InChI is InChI=1S/C18H27N5O/c1-14-9-16(22(4)20-14)12-23-8-6-18(13-23)24-17-5-7-19-15(10-17)11-21(2)3/h5,7,9-10,18H,6,8,11-13H2,1-4H3. The van der Waals surface area contributed by atoms with Gasteiger partial charge in [0.25, 0.3) is 0 Å². The molecule has 1 fully saturated rings. The molecule has 0 aromatic carbocycles. The summed E-state index contributed by atoms with van der Waals surface area (Å²) in [6.07, 6.45) is 3.13. The highest BCUT2D eigenvalue weighted by Gasteiger charge is 2.24. The monoisotopic (exact) mass is 329 g/mol. The van der Waals surface area contributed by atoms with Crippen molar-refractivity contribution in [2.75, 3.05) is 27.2 Å². The van der Waals surface area contributed by atoms with Crippen molar-refractivity contribution < 1.29 is 4.74 Å². The first-order valence-corrected chi connectivity index (χ1v) is 8.48. The molecule has 1 aliphatic rings. The van der Waals surface area contributed by atoms with Gasteiger partial charge in [-0.05, 0) is 39.6 Å². The average molecular weight is 329 g/mol. The van der Waals surface area contributed by atoms with Crippen molar-refractivity contribution >= 4 is 0 Å². The van der Waals surface area contributed by atoms with Crippen molar-refractivity contribution in [3.8, 4) is 5.75 Å². The molecule has 24 heavy (non-hydrogen) atoms. The van der Waals surface area contributed by atoms with Gasteiger partial charge in [0.2, 0.25) is 0 Å². The molecule has 1 aliphatic heterocycles. The zero-order chi connectivity index (χ0) is 17.1. The van der Waals surface area contributed by atoms with Crippen LogP contribution in [0.5, 0.6) is 5.75 Å². The number of aromatic nitrogens is 3. The Morgan fingerprint density at radius 2 is 2.17 bits per heavy atom. The predicted molar refractivity (Wildman–Crippen MR) is 93.9 cm³/mol. The number of likely N-dealkylation sites (tertiary alicyclic amines) is 1. The van der Waals surface area contributed by atoms with Gasteiger partial charge in [0.05, 0.1) is 17.1 Å². The fraction of sp³-hybridized carbons (Fsp3) is 0.556. The Morgan fingerprint density at radius 3 is 2.88 bits per heavy atom. The number of aryl methyl sites for hydroxylation is 2. The summed E-state index contributed by atoms with van der Waals surface area (Å²) in [5.41, 5.74) is 3.37. The average Bonchev–Trinajstić information content (AvgIpc) is 3.05. The quantitative estimate of drug-likeness (QED) is 0.809. The Labute approximate surface area is 144 Å². The van der Waals surface area contributed by atoms with Crippen LogP contribution in [-0.2, 0) is 20.1 Å². The summed E-state index contributed by atoms with van der Waals surface area (Å²) in [4.78, 5) is 8.94. The largest absolute Gasteiger partial charge is 0.489 e. The summed E-state index contributed by atoms with van der Waals surface area (Å²) >= 11 is 0. The summed E-state index contributed by atoms with van der Waals surface area (Å²) in [5, 5.41) is 4.42. The third-order valence-corrected chi connectivity index (χ3v) is 4.28. The van der Waals surface area contributed by atoms with Crippen LogP contribution in [0.15, 0.2) is 24.4 Å². The first-order valence-electron chi connectivity index (χ1n) is 8.48. The Bertz CT molecular complexity index is 682. The molecule has 0 amide bonds. The lowest BCUT2D eigenvalue weighted by Gasteiger charge is -2.17. The molecule has 1 atom stereocenters. The van der Waals surface area contributed by atoms with E-state index in [2.05, 4.69) is 25.9 Å². The summed E-state index contributed by atoms with van der Waals surface area (Å²) in [7, 11) is 6.10. The third kappa shape index (κ3) is 4.33. The van der Waals surface area contributed by atoms with Gasteiger partial charge in [-0.1, -0.05) is 0 Å². The van der Waals surface area contributed by atoms with Crippen LogP contribution < -0.4 is 4.74 Å². The highest BCUT2D eigenvalue weighted by Crippen LogP contribution is 2.20. The molecule has 3 heterocycles. The van der Waals surface area contributed by atoms with E-state index in [1.54, 1.807) is 0 Å². The van der Waals surface area contributed by atoms with Crippen LogP contribution in [-0.4, -0.2) is 57.9 Å². The van der Waals surface area contributed by atoms with Crippen LogP contribution in [0.1, 0.15) is 23.5 Å². The van der Waals surface area contributed by atoms with Gasteiger partial charge < -0.3 is 9.64 Å². The molecule has 0 N–H and O–H groups in total. The number of ether oxygens (including phenoxy) is 1. The highest BCUT2D eigenvalue weighted by atomic mass is 16.5. The van der Waals surface area contributed by atoms with E-state index in [4.69, 9.17) is 4.74 Å². The van der Waals surface area contributed by atoms with E-state index in [1.807, 2.05) is 51.1 Å². The molecule has 130 valence electrons. The number of hydrogen-bond donors (Lipinski definition) is 0. The SMILES string of the molecule is Cc1cc(CN2CCC(Oc3ccnc(CN(C)C)c3)C2)n(C)n1. The topological polar surface area (TPSA) is 46.4 Å². The lowest BCUT2D eigenvalue weighted by atomic mass is 10.3. The van der Waals surface area contributed by atoms with E-state index >= 15 is 0 Å². The molecular weight excluding hydrogens is 302 g/mol. The van der Waals surface area contributed by atoms with E-state index < -0.39 is 0 Å². The van der Waals surface area contributed by atoms with Crippen molar-refractivity contribution in [3.63, 3.8) is 0 Å². The van der Waals surface area contributed by atoms with E-state index in [9.17, 15) is 0 Å². The second-order valence-electron chi connectivity index (χ2n) is 6.88. The molecule has 6 nitrogen and oxygen atoms in total. The lowest BCUT2D eigenvalue weighted by Crippen LogP contribution is -2.25. The maximum atomic E-state index is 6.18. The van der Waals surface area contributed by atoms with Crippen LogP contribution in [0, 0.1) is 6.92 Å². The maximum absolute atomic E-state index is 6.18. The van der Waals surface area contributed by atoms with Gasteiger partial charge in [-0.2, -0.15) is 5.10 Å². The van der Waals surface area contributed by atoms with Crippen LogP contribution in [0.25, 0.3) is 0 Å². The minimum absolute atomic E-state index is 0.244. The van der Waals surface area contributed by atoms with Crippen LogP contribution in [0.3, 0.4) is 0 Å². The number of nitrogens with zero attached hydrogens (tertiary/aromatic N) is 5. The third-order valence-electron chi connectivity index (χ3n) is 4.28.